The summed E-state index contributed by atoms with van der Waals surface area (Å²) in [6.07, 6.45) is 3.60. The second kappa shape index (κ2) is 4.63. The molecule has 4 nitrogen and oxygen atoms in total. The first-order valence-electron chi connectivity index (χ1n) is 6.59. The van der Waals surface area contributed by atoms with Crippen LogP contribution in [0.1, 0.15) is 5.82 Å². The Morgan fingerprint density at radius 3 is 2.81 bits per heavy atom. The smallest absolute Gasteiger partial charge is 0.113 e. The monoisotopic (exact) mass is 338 g/mol. The number of para-hydroxylation sites is 2. The van der Waals surface area contributed by atoms with Crippen LogP contribution in [0.2, 0.25) is 0 Å². The van der Waals surface area contributed by atoms with Gasteiger partial charge in [0.1, 0.15) is 11.3 Å². The minimum atomic E-state index is 0.860. The average molecular weight is 339 g/mol. The van der Waals surface area contributed by atoms with Crippen molar-refractivity contribution in [3.05, 3.63) is 59.1 Å². The molecule has 0 saturated carbocycles. The highest BCUT2D eigenvalue weighted by atomic mass is 79.9. The standard InChI is InChI=1S/C16H11BrN4/c1-10-20-12-4-2-3-5-14(12)21(10)15-6-7-18-13-8-11(17)9-19-16(13)15/h2-9H,1H3. The summed E-state index contributed by atoms with van der Waals surface area (Å²) in [5.74, 6) is 0.938. The lowest BCUT2D eigenvalue weighted by molar-refractivity contribution is 1.00. The Bertz CT molecular complexity index is 975. The summed E-state index contributed by atoms with van der Waals surface area (Å²) in [5, 5.41) is 0. The third kappa shape index (κ3) is 1.93. The van der Waals surface area contributed by atoms with Crippen LogP contribution >= 0.6 is 15.9 Å². The van der Waals surface area contributed by atoms with Crippen LogP contribution in [-0.4, -0.2) is 19.5 Å². The molecule has 0 unspecified atom stereocenters. The van der Waals surface area contributed by atoms with Crippen LogP contribution in [0.3, 0.4) is 0 Å². The maximum atomic E-state index is 4.62. The molecule has 1 aromatic carbocycles. The summed E-state index contributed by atoms with van der Waals surface area (Å²) in [7, 11) is 0. The molecule has 3 heterocycles. The van der Waals surface area contributed by atoms with Crippen molar-refractivity contribution in [2.24, 2.45) is 0 Å². The molecule has 0 spiro atoms. The van der Waals surface area contributed by atoms with Crippen molar-refractivity contribution in [1.29, 1.82) is 0 Å². The fraction of sp³-hybridized carbons (Fsp3) is 0.0625. The fourth-order valence-electron chi connectivity index (χ4n) is 2.62. The van der Waals surface area contributed by atoms with E-state index in [9.17, 15) is 0 Å². The van der Waals surface area contributed by atoms with Crippen molar-refractivity contribution in [2.75, 3.05) is 0 Å². The first-order chi connectivity index (χ1) is 10.2. The molecule has 0 fully saturated rings. The van der Waals surface area contributed by atoms with Gasteiger partial charge >= 0.3 is 0 Å². The van der Waals surface area contributed by atoms with Crippen LogP contribution in [0.15, 0.2) is 53.3 Å². The molecule has 0 aliphatic rings. The predicted octanol–water partition coefficient (Wildman–Crippen LogP) is 4.04. The lowest BCUT2D eigenvalue weighted by Gasteiger charge is -2.09. The van der Waals surface area contributed by atoms with E-state index in [4.69, 9.17) is 0 Å². The van der Waals surface area contributed by atoms with Crippen molar-refractivity contribution in [3.8, 4) is 5.69 Å². The Kier molecular flexibility index (Phi) is 2.75. The molecule has 0 radical (unpaired) electrons. The van der Waals surface area contributed by atoms with Gasteiger partial charge in [0.25, 0.3) is 0 Å². The van der Waals surface area contributed by atoms with Crippen molar-refractivity contribution in [2.45, 2.75) is 6.92 Å². The van der Waals surface area contributed by atoms with Gasteiger partial charge in [0.2, 0.25) is 0 Å². The summed E-state index contributed by atoms with van der Waals surface area (Å²) >= 11 is 3.44. The molecule has 0 aliphatic carbocycles. The lowest BCUT2D eigenvalue weighted by atomic mass is 10.2. The van der Waals surface area contributed by atoms with Gasteiger partial charge in [-0.05, 0) is 47.1 Å². The zero-order valence-electron chi connectivity index (χ0n) is 11.3. The van der Waals surface area contributed by atoms with E-state index in [2.05, 4.69) is 41.5 Å². The molecule has 102 valence electrons. The quantitative estimate of drug-likeness (QED) is 0.526. The van der Waals surface area contributed by atoms with E-state index >= 15 is 0 Å². The summed E-state index contributed by atoms with van der Waals surface area (Å²) in [5.41, 5.74) is 4.79. The largest absolute Gasteiger partial charge is 0.294 e. The van der Waals surface area contributed by atoms with E-state index in [0.29, 0.717) is 0 Å². The minimum absolute atomic E-state index is 0.860. The number of pyridine rings is 2. The van der Waals surface area contributed by atoms with E-state index in [1.165, 1.54) is 0 Å². The van der Waals surface area contributed by atoms with Crippen LogP contribution in [0.4, 0.5) is 0 Å². The van der Waals surface area contributed by atoms with E-state index < -0.39 is 0 Å². The number of aryl methyl sites for hydroxylation is 1. The van der Waals surface area contributed by atoms with E-state index in [1.54, 1.807) is 12.4 Å². The van der Waals surface area contributed by atoms with E-state index in [0.717, 1.165) is 38.1 Å². The number of hydrogen-bond donors (Lipinski definition) is 0. The van der Waals surface area contributed by atoms with Gasteiger partial charge in [0.05, 0.1) is 22.2 Å². The first kappa shape index (κ1) is 12.5. The van der Waals surface area contributed by atoms with Gasteiger partial charge in [-0.1, -0.05) is 12.1 Å². The number of imidazole rings is 1. The van der Waals surface area contributed by atoms with Gasteiger partial charge in [0, 0.05) is 16.9 Å². The molecule has 0 atom stereocenters. The molecule has 0 aliphatic heterocycles. The normalized spacial score (nSPS) is 11.3. The molecule has 4 aromatic rings. The van der Waals surface area contributed by atoms with Crippen LogP contribution in [0.25, 0.3) is 27.8 Å². The Morgan fingerprint density at radius 1 is 1.05 bits per heavy atom. The molecule has 4 rings (SSSR count). The van der Waals surface area contributed by atoms with Gasteiger partial charge in [-0.25, -0.2) is 4.98 Å². The fourth-order valence-corrected chi connectivity index (χ4v) is 2.94. The van der Waals surface area contributed by atoms with E-state index in [1.807, 2.05) is 37.3 Å². The summed E-state index contributed by atoms with van der Waals surface area (Å²) in [6.45, 7) is 2.01. The number of fused-ring (bicyclic) bond motifs is 2. The number of halogens is 1. The molecular weight excluding hydrogens is 328 g/mol. The molecule has 21 heavy (non-hydrogen) atoms. The van der Waals surface area contributed by atoms with Gasteiger partial charge in [-0.3, -0.25) is 14.5 Å². The molecule has 3 aromatic heterocycles. The summed E-state index contributed by atoms with van der Waals surface area (Å²) in [4.78, 5) is 13.5. The van der Waals surface area contributed by atoms with Gasteiger partial charge in [-0.15, -0.1) is 0 Å². The van der Waals surface area contributed by atoms with Crippen LogP contribution in [0.5, 0.6) is 0 Å². The second-order valence-electron chi connectivity index (χ2n) is 4.83. The van der Waals surface area contributed by atoms with Crippen molar-refractivity contribution in [3.63, 3.8) is 0 Å². The van der Waals surface area contributed by atoms with Gasteiger partial charge in [0.15, 0.2) is 0 Å². The van der Waals surface area contributed by atoms with Gasteiger partial charge in [-0.2, -0.15) is 0 Å². The van der Waals surface area contributed by atoms with E-state index in [-0.39, 0.29) is 0 Å². The predicted molar refractivity (Wildman–Crippen MR) is 86.6 cm³/mol. The molecule has 0 amide bonds. The van der Waals surface area contributed by atoms with Crippen molar-refractivity contribution in [1.82, 2.24) is 19.5 Å². The molecule has 5 heteroatoms. The molecule has 0 bridgehead atoms. The summed E-state index contributed by atoms with van der Waals surface area (Å²) in [6, 6.07) is 12.1. The van der Waals surface area contributed by atoms with Crippen LogP contribution < -0.4 is 0 Å². The average Bonchev–Trinajstić information content (AvgIpc) is 2.82. The number of benzene rings is 1. The number of nitrogens with zero attached hydrogens (tertiary/aromatic N) is 4. The highest BCUT2D eigenvalue weighted by Gasteiger charge is 2.12. The zero-order chi connectivity index (χ0) is 14.4. The van der Waals surface area contributed by atoms with Crippen molar-refractivity contribution < 1.29 is 0 Å². The molecular formula is C16H11BrN4. The zero-order valence-corrected chi connectivity index (χ0v) is 12.9. The minimum Gasteiger partial charge on any atom is -0.294 e. The maximum absolute atomic E-state index is 4.62. The maximum Gasteiger partial charge on any atom is 0.113 e. The highest BCUT2D eigenvalue weighted by molar-refractivity contribution is 9.10. The lowest BCUT2D eigenvalue weighted by Crippen LogP contribution is -2.00. The number of aromatic nitrogens is 4. The molecule has 0 N–H and O–H groups in total. The molecule has 0 saturated heterocycles. The van der Waals surface area contributed by atoms with Crippen LogP contribution in [0, 0.1) is 6.92 Å². The summed E-state index contributed by atoms with van der Waals surface area (Å²) < 4.78 is 3.05. The second-order valence-corrected chi connectivity index (χ2v) is 5.75. The number of rotatable bonds is 1. The Balaban J connectivity index is 2.12. The highest BCUT2D eigenvalue weighted by Crippen LogP contribution is 2.26. The van der Waals surface area contributed by atoms with Crippen molar-refractivity contribution >= 4 is 38.0 Å². The Morgan fingerprint density at radius 2 is 1.90 bits per heavy atom. The topological polar surface area (TPSA) is 43.6 Å². The SMILES string of the molecule is Cc1nc2ccccc2n1-c1ccnc2cc(Br)cnc12. The number of hydrogen-bond acceptors (Lipinski definition) is 3. The third-order valence-corrected chi connectivity index (χ3v) is 3.93. The van der Waals surface area contributed by atoms with Gasteiger partial charge < -0.3 is 0 Å². The first-order valence-corrected chi connectivity index (χ1v) is 7.38. The Hall–Kier alpha value is -2.27. The third-order valence-electron chi connectivity index (χ3n) is 3.49. The Labute approximate surface area is 129 Å². The van der Waals surface area contributed by atoms with Crippen LogP contribution in [-0.2, 0) is 0 Å².